The summed E-state index contributed by atoms with van der Waals surface area (Å²) in [7, 11) is 0. The third-order valence-electron chi connectivity index (χ3n) is 3.54. The Morgan fingerprint density at radius 2 is 2.12 bits per heavy atom. The molecule has 2 heteroatoms. The first kappa shape index (κ1) is 12.7. The molecule has 0 spiro atoms. The highest BCUT2D eigenvalue weighted by atomic mass is 32.2. The molecule has 92 valence electrons. The van der Waals surface area contributed by atoms with E-state index in [-0.39, 0.29) is 5.25 Å². The number of ketones is 1. The predicted octanol–water partition coefficient (Wildman–Crippen LogP) is 3.28. The molecule has 1 aliphatic carbocycles. The van der Waals surface area contributed by atoms with Crippen molar-refractivity contribution in [1.82, 2.24) is 0 Å². The summed E-state index contributed by atoms with van der Waals surface area (Å²) in [6.07, 6.45) is 2.45. The van der Waals surface area contributed by atoms with Crippen molar-refractivity contribution in [1.29, 1.82) is 0 Å². The van der Waals surface area contributed by atoms with Crippen molar-refractivity contribution >= 4 is 17.5 Å². The smallest absolute Gasteiger partial charge is 0.215 e. The summed E-state index contributed by atoms with van der Waals surface area (Å²) in [5.74, 6) is 1.93. The van der Waals surface area contributed by atoms with E-state index in [2.05, 4.69) is 39.0 Å². The summed E-state index contributed by atoms with van der Waals surface area (Å²) < 4.78 is 0. The largest absolute Gasteiger partial charge is 0.288 e. The average Bonchev–Trinajstić information content (AvgIpc) is 2.54. The quantitative estimate of drug-likeness (QED) is 0.455. The first-order valence-corrected chi connectivity index (χ1v) is 7.61. The highest BCUT2D eigenvalue weighted by Gasteiger charge is 2.41. The summed E-state index contributed by atoms with van der Waals surface area (Å²) in [5, 5.41) is 0.207. The fraction of sp³-hybridized carbons (Fsp3) is 0.533. The van der Waals surface area contributed by atoms with E-state index in [1.165, 1.54) is 35.7 Å². The van der Waals surface area contributed by atoms with Gasteiger partial charge in [-0.25, -0.2) is 0 Å². The Morgan fingerprint density at radius 1 is 1.35 bits per heavy atom. The number of Topliss-reactive ketones (excluding diaryl/α,β-unsaturated/α-hetero) is 1. The van der Waals surface area contributed by atoms with Gasteiger partial charge in [0.15, 0.2) is 5.25 Å². The zero-order valence-corrected chi connectivity index (χ0v) is 11.8. The first-order valence-electron chi connectivity index (χ1n) is 6.46. The van der Waals surface area contributed by atoms with Crippen LogP contribution in [0.15, 0.2) is 18.2 Å². The van der Waals surface area contributed by atoms with Gasteiger partial charge in [0.25, 0.3) is 0 Å². The highest BCUT2D eigenvalue weighted by molar-refractivity contribution is 7.80. The lowest BCUT2D eigenvalue weighted by molar-refractivity contribution is 0.0996. The second-order valence-electron chi connectivity index (χ2n) is 4.95. The van der Waals surface area contributed by atoms with Gasteiger partial charge in [-0.15, -0.1) is 0 Å². The molecule has 0 aliphatic heterocycles. The SMILES string of the molecule is CCCC[SH+]C1C(=O)c2cc(C)ccc2C1C. The third kappa shape index (κ3) is 2.42. The molecule has 17 heavy (non-hydrogen) atoms. The molecule has 2 rings (SSSR count). The van der Waals surface area contributed by atoms with Crippen molar-refractivity contribution in [3.8, 4) is 0 Å². The van der Waals surface area contributed by atoms with E-state index in [9.17, 15) is 4.79 Å². The van der Waals surface area contributed by atoms with Crippen molar-refractivity contribution in [2.24, 2.45) is 0 Å². The Hall–Kier alpha value is -0.760. The number of unbranched alkanes of at least 4 members (excludes halogenated alkanes) is 1. The second kappa shape index (κ2) is 5.26. The Morgan fingerprint density at radius 3 is 2.82 bits per heavy atom. The molecule has 0 saturated heterocycles. The lowest BCUT2D eigenvalue weighted by Crippen LogP contribution is -2.22. The fourth-order valence-electron chi connectivity index (χ4n) is 2.47. The zero-order chi connectivity index (χ0) is 12.4. The van der Waals surface area contributed by atoms with Crippen LogP contribution < -0.4 is 0 Å². The number of fused-ring (bicyclic) bond motifs is 1. The fourth-order valence-corrected chi connectivity index (χ4v) is 4.03. The highest BCUT2D eigenvalue weighted by Crippen LogP contribution is 2.35. The van der Waals surface area contributed by atoms with Gasteiger partial charge in [0.1, 0.15) is 5.75 Å². The maximum absolute atomic E-state index is 12.3. The molecule has 0 bridgehead atoms. The van der Waals surface area contributed by atoms with Crippen LogP contribution in [0, 0.1) is 6.92 Å². The van der Waals surface area contributed by atoms with Gasteiger partial charge in [-0.05, 0) is 36.7 Å². The van der Waals surface area contributed by atoms with E-state index < -0.39 is 0 Å². The average molecular weight is 249 g/mol. The molecule has 0 aromatic heterocycles. The molecular weight excluding hydrogens is 228 g/mol. The topological polar surface area (TPSA) is 17.1 Å². The Labute approximate surface area is 108 Å². The van der Waals surface area contributed by atoms with Crippen LogP contribution in [-0.4, -0.2) is 16.8 Å². The van der Waals surface area contributed by atoms with E-state index in [1.807, 2.05) is 0 Å². The van der Waals surface area contributed by atoms with E-state index in [0.29, 0.717) is 11.7 Å². The number of hydrogen-bond acceptors (Lipinski definition) is 1. The van der Waals surface area contributed by atoms with Gasteiger partial charge in [-0.2, -0.15) is 0 Å². The molecule has 0 saturated carbocycles. The normalized spacial score (nSPS) is 22.9. The number of aryl methyl sites for hydroxylation is 1. The van der Waals surface area contributed by atoms with Crippen LogP contribution in [0.1, 0.15) is 54.1 Å². The van der Waals surface area contributed by atoms with Crippen molar-refractivity contribution in [3.63, 3.8) is 0 Å². The van der Waals surface area contributed by atoms with Gasteiger partial charge < -0.3 is 0 Å². The number of benzene rings is 1. The minimum absolute atomic E-state index is 0.207. The van der Waals surface area contributed by atoms with E-state index >= 15 is 0 Å². The number of carbonyl (C=O) groups excluding carboxylic acids is 1. The molecule has 2 unspecified atom stereocenters. The van der Waals surface area contributed by atoms with Crippen LogP contribution in [0.5, 0.6) is 0 Å². The Kier molecular flexibility index (Phi) is 3.93. The maximum atomic E-state index is 12.3. The molecule has 1 aromatic carbocycles. The summed E-state index contributed by atoms with van der Waals surface area (Å²) in [6.45, 7) is 6.45. The first-order chi connectivity index (χ1) is 8.15. The summed E-state index contributed by atoms with van der Waals surface area (Å²) in [4.78, 5) is 12.3. The Balaban J connectivity index is 2.17. The van der Waals surface area contributed by atoms with Gasteiger partial charge in [-0.3, -0.25) is 4.79 Å². The minimum atomic E-state index is 0.207. The van der Waals surface area contributed by atoms with Crippen LogP contribution in [0.4, 0.5) is 0 Å². The van der Waals surface area contributed by atoms with Gasteiger partial charge in [0.2, 0.25) is 5.78 Å². The molecule has 1 aromatic rings. The molecule has 0 heterocycles. The van der Waals surface area contributed by atoms with E-state index in [0.717, 1.165) is 11.3 Å². The molecule has 1 aliphatic rings. The van der Waals surface area contributed by atoms with Gasteiger partial charge in [0.05, 0.1) is 0 Å². The zero-order valence-electron chi connectivity index (χ0n) is 10.9. The summed E-state index contributed by atoms with van der Waals surface area (Å²) in [5.41, 5.74) is 3.43. The predicted molar refractivity (Wildman–Crippen MR) is 76.2 cm³/mol. The van der Waals surface area contributed by atoms with Crippen molar-refractivity contribution in [2.45, 2.75) is 44.8 Å². The van der Waals surface area contributed by atoms with Crippen LogP contribution in [0.2, 0.25) is 0 Å². The molecule has 0 amide bonds. The Bertz CT molecular complexity index is 425. The lowest BCUT2D eigenvalue weighted by Gasteiger charge is -2.07. The van der Waals surface area contributed by atoms with E-state index in [1.54, 1.807) is 0 Å². The van der Waals surface area contributed by atoms with Gasteiger partial charge >= 0.3 is 0 Å². The van der Waals surface area contributed by atoms with Crippen LogP contribution in [-0.2, 0) is 11.8 Å². The van der Waals surface area contributed by atoms with Gasteiger partial charge in [0, 0.05) is 11.5 Å². The molecule has 0 radical (unpaired) electrons. The molecule has 0 N–H and O–H groups in total. The van der Waals surface area contributed by atoms with Crippen LogP contribution in [0.3, 0.4) is 0 Å². The number of rotatable bonds is 4. The number of thiol groups is 1. The summed E-state index contributed by atoms with van der Waals surface area (Å²) >= 11 is 1.32. The lowest BCUT2D eigenvalue weighted by atomic mass is 10.0. The van der Waals surface area contributed by atoms with Gasteiger partial charge in [-0.1, -0.05) is 38.0 Å². The van der Waals surface area contributed by atoms with Crippen LogP contribution >= 0.6 is 0 Å². The van der Waals surface area contributed by atoms with Crippen LogP contribution in [0.25, 0.3) is 0 Å². The third-order valence-corrected chi connectivity index (χ3v) is 5.19. The standard InChI is InChI=1S/C15H20OS/c1-4-5-8-17-15-11(3)12-7-6-10(2)9-13(12)14(15)16/h6-7,9,11,15H,4-5,8H2,1-3H3/p+1. The number of hydrogen-bond donors (Lipinski definition) is 0. The van der Waals surface area contributed by atoms with Crippen molar-refractivity contribution in [2.75, 3.05) is 5.75 Å². The second-order valence-corrected chi connectivity index (χ2v) is 6.32. The molecule has 2 atom stereocenters. The number of carbonyl (C=O) groups is 1. The maximum Gasteiger partial charge on any atom is 0.215 e. The van der Waals surface area contributed by atoms with Crippen molar-refractivity contribution < 1.29 is 4.79 Å². The molecular formula is C15H21OS+. The van der Waals surface area contributed by atoms with E-state index in [4.69, 9.17) is 0 Å². The molecule has 0 fully saturated rings. The minimum Gasteiger partial charge on any atom is -0.288 e. The summed E-state index contributed by atoms with van der Waals surface area (Å²) in [6, 6.07) is 6.32. The molecule has 1 nitrogen and oxygen atoms in total. The van der Waals surface area contributed by atoms with Crippen molar-refractivity contribution in [3.05, 3.63) is 34.9 Å². The monoisotopic (exact) mass is 249 g/mol.